The number of rotatable bonds is 18. The molecule has 472 valence electrons. The third-order valence-corrected chi connectivity index (χ3v) is 14.5. The molecule has 2 aliphatic rings. The van der Waals surface area contributed by atoms with Crippen LogP contribution in [0.4, 0.5) is 52.7 Å². The molecular formula is C63H54F12N8O7. The zero-order chi connectivity index (χ0) is 65.7. The van der Waals surface area contributed by atoms with E-state index in [4.69, 9.17) is 16.6 Å². The largest absolute Gasteiger partial charge is 0.435 e. The summed E-state index contributed by atoms with van der Waals surface area (Å²) in [5.41, 5.74) is 8.72. The number of carbonyl (C=O) groups excluding carboxylic acids is 5. The molecule has 4 heterocycles. The van der Waals surface area contributed by atoms with Crippen molar-refractivity contribution >= 4 is 29.2 Å². The number of aromatic nitrogens is 6. The summed E-state index contributed by atoms with van der Waals surface area (Å²) in [5, 5.41) is 25.3. The Hall–Kier alpha value is -9.37. The molecule has 90 heavy (non-hydrogen) atoms. The van der Waals surface area contributed by atoms with E-state index < -0.39 is 130 Å². The van der Waals surface area contributed by atoms with Gasteiger partial charge in [0.25, 0.3) is 11.8 Å². The Balaban J connectivity index is 0.000000219. The number of nitrogens with zero attached hydrogens (tertiary/aromatic N) is 6. The molecule has 1 unspecified atom stereocenters. The first-order valence-electron chi connectivity index (χ1n) is 27.6. The molecule has 2 amide bonds. The van der Waals surface area contributed by atoms with Gasteiger partial charge in [-0.25, -0.2) is 26.3 Å². The van der Waals surface area contributed by atoms with Gasteiger partial charge in [0.15, 0.2) is 28.7 Å². The second-order valence-electron chi connectivity index (χ2n) is 21.6. The average Bonchev–Trinajstić information content (AvgIpc) is 1.60. The van der Waals surface area contributed by atoms with E-state index in [0.717, 1.165) is 45.8 Å². The van der Waals surface area contributed by atoms with Crippen molar-refractivity contribution in [3.63, 3.8) is 0 Å². The molecule has 0 saturated heterocycles. The molecule has 4 aromatic carbocycles. The fourth-order valence-corrected chi connectivity index (χ4v) is 10.9. The van der Waals surface area contributed by atoms with Crippen molar-refractivity contribution in [3.8, 4) is 22.3 Å². The van der Waals surface area contributed by atoms with Crippen molar-refractivity contribution in [2.45, 2.75) is 115 Å². The van der Waals surface area contributed by atoms with E-state index >= 15 is 0 Å². The molecule has 15 nitrogen and oxygen atoms in total. The minimum absolute atomic E-state index is 0.00627. The average molecular weight is 1260 g/mol. The molecule has 6 N–H and O–H groups in total. The molecule has 0 bridgehead atoms. The Labute approximate surface area is 504 Å². The third-order valence-electron chi connectivity index (χ3n) is 14.5. The highest BCUT2D eigenvalue weighted by atomic mass is 19.4. The topological polar surface area (TPSA) is 239 Å². The highest BCUT2D eigenvalue weighted by molar-refractivity contribution is 6.01. The van der Waals surface area contributed by atoms with Crippen molar-refractivity contribution in [1.82, 2.24) is 29.5 Å². The van der Waals surface area contributed by atoms with Crippen LogP contribution in [0.15, 0.2) is 109 Å². The standard InChI is InChI=1S/C30H24F6N4O3.C30H22F6N4O3.C3H8O/c2*31-18-9-15(10-19(32)13-18)8-17(27-21(2-1-7-38-27)16-3-4-23(33)22(12-16)29(37)43)11-20(41)14-40-24-5-6-25(42)26(24)28(39-40)30(34,35)36;1-3(2)4/h1-4,7,9-10,12-13,17,25,42H,5-6,8,11,14H2,(H2,37,43);1-4,7,9-10,12-13,17H,5-6,8,11,14H2,(H2,37,43);3-4H,1-2H3/t17-,25?;17-;/m11./s1. The van der Waals surface area contributed by atoms with Crippen molar-refractivity contribution < 1.29 is 86.9 Å². The summed E-state index contributed by atoms with van der Waals surface area (Å²) in [7, 11) is 0. The molecule has 10 rings (SSSR count). The van der Waals surface area contributed by atoms with Crippen LogP contribution < -0.4 is 11.5 Å². The van der Waals surface area contributed by atoms with Gasteiger partial charge in [0, 0.05) is 84.1 Å². The molecule has 2 aliphatic carbocycles. The highest BCUT2D eigenvalue weighted by Crippen LogP contribution is 2.43. The number of amides is 2. The van der Waals surface area contributed by atoms with E-state index in [1.807, 2.05) is 0 Å². The minimum atomic E-state index is -4.90. The van der Waals surface area contributed by atoms with Crippen LogP contribution in [0.5, 0.6) is 0 Å². The van der Waals surface area contributed by atoms with Gasteiger partial charge in [0.2, 0.25) is 0 Å². The lowest BCUT2D eigenvalue weighted by atomic mass is 9.86. The normalized spacial score (nSPS) is 14.3. The summed E-state index contributed by atoms with van der Waals surface area (Å²) in [6.07, 6.45) is -9.33. The number of primary amides is 2. The number of fused-ring (bicyclic) bond motifs is 2. The van der Waals surface area contributed by atoms with E-state index in [-0.39, 0.29) is 103 Å². The Morgan fingerprint density at radius 2 is 1.00 bits per heavy atom. The van der Waals surface area contributed by atoms with Crippen molar-refractivity contribution in [1.29, 1.82) is 0 Å². The van der Waals surface area contributed by atoms with Crippen molar-refractivity contribution in [3.05, 3.63) is 212 Å². The van der Waals surface area contributed by atoms with Crippen LogP contribution in [0, 0.1) is 34.9 Å². The Kier molecular flexibility index (Phi) is 20.4. The van der Waals surface area contributed by atoms with Gasteiger partial charge in [0.05, 0.1) is 53.0 Å². The third kappa shape index (κ3) is 15.9. The first-order valence-corrected chi connectivity index (χ1v) is 27.6. The lowest BCUT2D eigenvalue weighted by Crippen LogP contribution is -2.19. The van der Waals surface area contributed by atoms with Gasteiger partial charge in [-0.1, -0.05) is 24.3 Å². The number of benzene rings is 4. The molecule has 27 heteroatoms. The van der Waals surface area contributed by atoms with Crippen LogP contribution in [-0.2, 0) is 60.7 Å². The van der Waals surface area contributed by atoms with Gasteiger partial charge in [-0.05, 0) is 129 Å². The number of pyridine rings is 2. The number of hydrogen-bond acceptors (Lipinski definition) is 11. The van der Waals surface area contributed by atoms with Crippen LogP contribution in [-0.4, -0.2) is 75.0 Å². The maximum Gasteiger partial charge on any atom is 0.435 e. The number of nitrogens with two attached hydrogens (primary N) is 2. The molecule has 0 fully saturated rings. The smallest absolute Gasteiger partial charge is 0.394 e. The van der Waals surface area contributed by atoms with Crippen molar-refractivity contribution in [2.75, 3.05) is 0 Å². The maximum atomic E-state index is 14.2. The number of halogens is 12. The summed E-state index contributed by atoms with van der Waals surface area (Å²) in [6.45, 7) is 2.30. The number of ketones is 3. The van der Waals surface area contributed by atoms with E-state index in [2.05, 4.69) is 20.2 Å². The van der Waals surface area contributed by atoms with Crippen LogP contribution in [0.25, 0.3) is 22.3 Å². The molecule has 3 atom stereocenters. The Morgan fingerprint density at radius 3 is 1.41 bits per heavy atom. The summed E-state index contributed by atoms with van der Waals surface area (Å²) >= 11 is 0. The van der Waals surface area contributed by atoms with Gasteiger partial charge < -0.3 is 21.7 Å². The van der Waals surface area contributed by atoms with Gasteiger partial charge in [-0.3, -0.25) is 43.3 Å². The molecule has 0 aliphatic heterocycles. The first-order chi connectivity index (χ1) is 42.4. The van der Waals surface area contributed by atoms with E-state index in [0.29, 0.717) is 34.4 Å². The lowest BCUT2D eigenvalue weighted by molar-refractivity contribution is -0.143. The Bertz CT molecular complexity index is 4010. The van der Waals surface area contributed by atoms with Gasteiger partial charge in [-0.2, -0.15) is 36.5 Å². The number of aliphatic hydroxyl groups excluding tert-OH is 2. The second kappa shape index (κ2) is 27.6. The summed E-state index contributed by atoms with van der Waals surface area (Å²) < 4.78 is 168. The number of hydrogen-bond donors (Lipinski definition) is 4. The number of alkyl halides is 6. The maximum absolute atomic E-state index is 14.2. The van der Waals surface area contributed by atoms with E-state index in [1.165, 1.54) is 36.7 Å². The first kappa shape index (κ1) is 66.6. The highest BCUT2D eigenvalue weighted by Gasteiger charge is 2.45. The number of Topliss-reactive ketones (excluding diaryl/α,β-unsaturated/α-hetero) is 3. The van der Waals surface area contributed by atoms with Crippen LogP contribution in [0.1, 0.15) is 139 Å². The minimum Gasteiger partial charge on any atom is -0.394 e. The zero-order valence-electron chi connectivity index (χ0n) is 47.6. The van der Waals surface area contributed by atoms with Gasteiger partial charge in [-0.15, -0.1) is 0 Å². The van der Waals surface area contributed by atoms with Gasteiger partial charge in [0.1, 0.15) is 34.9 Å². The second-order valence-corrected chi connectivity index (χ2v) is 21.6. The molecule has 0 radical (unpaired) electrons. The molecule has 0 saturated carbocycles. The summed E-state index contributed by atoms with van der Waals surface area (Å²) in [4.78, 5) is 71.3. The van der Waals surface area contributed by atoms with Crippen molar-refractivity contribution in [2.24, 2.45) is 11.5 Å². The number of aliphatic hydroxyl groups is 2. The van der Waals surface area contributed by atoms with Crippen LogP contribution in [0.3, 0.4) is 0 Å². The fourth-order valence-electron chi connectivity index (χ4n) is 10.9. The van der Waals surface area contributed by atoms with E-state index in [9.17, 15) is 81.8 Å². The zero-order valence-corrected chi connectivity index (χ0v) is 47.6. The van der Waals surface area contributed by atoms with Crippen LogP contribution >= 0.6 is 0 Å². The fraction of sp³-hybridized carbons (Fsp3) is 0.286. The predicted molar refractivity (Wildman–Crippen MR) is 299 cm³/mol. The molecule has 8 aromatic rings. The molecule has 4 aromatic heterocycles. The number of carbonyl (C=O) groups is 5. The predicted octanol–water partition coefficient (Wildman–Crippen LogP) is 11.4. The van der Waals surface area contributed by atoms with E-state index in [1.54, 1.807) is 38.1 Å². The lowest BCUT2D eigenvalue weighted by Gasteiger charge is -2.20. The van der Waals surface area contributed by atoms with Gasteiger partial charge >= 0.3 is 12.4 Å². The SMILES string of the molecule is CC(C)O.NC(=O)c1cc(-c2cccnc2[C@@H](CC(=O)Cn2nc(C(F)(F)F)c3c2CCC3=O)Cc2cc(F)cc(F)c2)ccc1F.NC(=O)c1cc(-c2cccnc2[C@@H](CC(=O)Cn2nc(C(F)(F)F)c3c2CCC3O)Cc2cc(F)cc(F)c2)ccc1F. The monoisotopic (exact) mass is 1260 g/mol. The van der Waals surface area contributed by atoms with Crippen LogP contribution in [0.2, 0.25) is 0 Å². The quantitative estimate of drug-likeness (QED) is 0.0589. The molecule has 0 spiro atoms. The molecular weight excluding hydrogens is 1210 g/mol. The summed E-state index contributed by atoms with van der Waals surface area (Å²) in [6, 6.07) is 19.2. The summed E-state index contributed by atoms with van der Waals surface area (Å²) in [5.74, 6) is -10.7. The Morgan fingerprint density at radius 1 is 0.589 bits per heavy atom.